The lowest BCUT2D eigenvalue weighted by Gasteiger charge is -2.34. The number of rotatable bonds is 16. The number of ether oxygens (including phenoxy) is 1. The molecule has 47 heavy (non-hydrogen) atoms. The summed E-state index contributed by atoms with van der Waals surface area (Å²) in [7, 11) is -4.22. The Morgan fingerprint density at radius 3 is 2.15 bits per heavy atom. The summed E-state index contributed by atoms with van der Waals surface area (Å²) in [5.74, 6) is -0.374. The van der Waals surface area contributed by atoms with Crippen molar-refractivity contribution in [3.63, 3.8) is 0 Å². The Labute approximate surface area is 287 Å². The molecule has 11 heteroatoms. The first-order valence-electron chi connectivity index (χ1n) is 15.5. The smallest absolute Gasteiger partial charge is 0.264 e. The van der Waals surface area contributed by atoms with Crippen LogP contribution in [-0.2, 0) is 32.6 Å². The van der Waals surface area contributed by atoms with E-state index in [1.165, 1.54) is 17.0 Å². The van der Waals surface area contributed by atoms with Gasteiger partial charge in [0.1, 0.15) is 18.3 Å². The van der Waals surface area contributed by atoms with Gasteiger partial charge in [-0.05, 0) is 73.0 Å². The summed E-state index contributed by atoms with van der Waals surface area (Å²) >= 11 is 12.8. The zero-order valence-corrected chi connectivity index (χ0v) is 28.8. The van der Waals surface area contributed by atoms with Crippen LogP contribution in [0.15, 0.2) is 108 Å². The molecule has 0 aliphatic heterocycles. The molecule has 2 amide bonds. The summed E-state index contributed by atoms with van der Waals surface area (Å²) in [5.41, 5.74) is 1.66. The SMILES string of the molecule is CCCCNC(=O)[C@@H](Cc1ccccc1)N(Cc1ccc(Cl)cc1Cl)C(=O)CN(c1ccc(OCC)cc1)S(=O)(=O)c1ccccc1. The Bertz CT molecular complexity index is 1720. The van der Waals surface area contributed by atoms with E-state index in [9.17, 15) is 18.0 Å². The Morgan fingerprint density at radius 1 is 0.872 bits per heavy atom. The maximum atomic E-state index is 14.6. The summed E-state index contributed by atoms with van der Waals surface area (Å²) in [5, 5.41) is 3.72. The number of unbranched alkanes of at least 4 members (excludes halogenated alkanes) is 1. The zero-order chi connectivity index (χ0) is 33.8. The largest absolute Gasteiger partial charge is 0.494 e. The molecule has 0 spiro atoms. The number of nitrogens with one attached hydrogen (secondary N) is 1. The van der Waals surface area contributed by atoms with Crippen molar-refractivity contribution in [2.75, 3.05) is 24.0 Å². The van der Waals surface area contributed by atoms with Crippen LogP contribution < -0.4 is 14.4 Å². The predicted octanol–water partition coefficient (Wildman–Crippen LogP) is 7.14. The number of nitrogens with zero attached hydrogens (tertiary/aromatic N) is 2. The molecule has 1 atom stereocenters. The fraction of sp³-hybridized carbons (Fsp3) is 0.278. The van der Waals surface area contributed by atoms with Crippen LogP contribution in [0.1, 0.15) is 37.8 Å². The van der Waals surface area contributed by atoms with Crippen molar-refractivity contribution in [3.05, 3.63) is 124 Å². The van der Waals surface area contributed by atoms with Crippen LogP contribution in [0.25, 0.3) is 0 Å². The van der Waals surface area contributed by atoms with E-state index >= 15 is 0 Å². The number of sulfonamides is 1. The second-order valence-corrected chi connectivity index (χ2v) is 13.6. The summed E-state index contributed by atoms with van der Waals surface area (Å²) in [6.07, 6.45) is 1.84. The van der Waals surface area contributed by atoms with Crippen molar-refractivity contribution in [1.29, 1.82) is 0 Å². The van der Waals surface area contributed by atoms with Crippen LogP contribution in [0.3, 0.4) is 0 Å². The first kappa shape index (κ1) is 35.8. The van der Waals surface area contributed by atoms with Crippen LogP contribution in [0.2, 0.25) is 10.0 Å². The molecule has 8 nitrogen and oxygen atoms in total. The number of hydrogen-bond acceptors (Lipinski definition) is 5. The van der Waals surface area contributed by atoms with Gasteiger partial charge in [0.25, 0.3) is 10.0 Å². The molecule has 0 unspecified atom stereocenters. The van der Waals surface area contributed by atoms with E-state index < -0.39 is 28.5 Å². The van der Waals surface area contributed by atoms with E-state index in [0.29, 0.717) is 34.5 Å². The van der Waals surface area contributed by atoms with Crippen LogP contribution >= 0.6 is 23.2 Å². The predicted molar refractivity (Wildman–Crippen MR) is 187 cm³/mol. The van der Waals surface area contributed by atoms with Crippen molar-refractivity contribution in [3.8, 4) is 5.75 Å². The summed E-state index contributed by atoms with van der Waals surface area (Å²) in [6, 6.07) is 27.7. The highest BCUT2D eigenvalue weighted by atomic mass is 35.5. The van der Waals surface area contributed by atoms with Crippen molar-refractivity contribution in [2.45, 2.75) is 50.6 Å². The molecule has 0 saturated carbocycles. The zero-order valence-electron chi connectivity index (χ0n) is 26.4. The van der Waals surface area contributed by atoms with Gasteiger partial charge < -0.3 is 15.0 Å². The third-order valence-electron chi connectivity index (χ3n) is 7.50. The minimum atomic E-state index is -4.22. The van der Waals surface area contributed by atoms with E-state index in [1.54, 1.807) is 60.7 Å². The quantitative estimate of drug-likeness (QED) is 0.126. The lowest BCUT2D eigenvalue weighted by Crippen LogP contribution is -2.53. The highest BCUT2D eigenvalue weighted by molar-refractivity contribution is 7.92. The molecule has 0 radical (unpaired) electrons. The minimum Gasteiger partial charge on any atom is -0.494 e. The fourth-order valence-corrected chi connectivity index (χ4v) is 6.92. The monoisotopic (exact) mass is 695 g/mol. The lowest BCUT2D eigenvalue weighted by molar-refractivity contribution is -0.140. The molecule has 0 saturated heterocycles. The molecule has 248 valence electrons. The minimum absolute atomic E-state index is 0.0205. The number of anilines is 1. The molecule has 0 aromatic heterocycles. The van der Waals surface area contributed by atoms with Gasteiger partial charge in [0.2, 0.25) is 11.8 Å². The Morgan fingerprint density at radius 2 is 1.53 bits per heavy atom. The van der Waals surface area contributed by atoms with Gasteiger partial charge in [-0.15, -0.1) is 0 Å². The Balaban J connectivity index is 1.80. The third kappa shape index (κ3) is 9.73. The maximum Gasteiger partial charge on any atom is 0.264 e. The van der Waals surface area contributed by atoms with E-state index in [-0.39, 0.29) is 29.5 Å². The molecule has 4 aromatic carbocycles. The molecule has 0 aliphatic carbocycles. The van der Waals surface area contributed by atoms with Gasteiger partial charge >= 0.3 is 0 Å². The number of carbonyl (C=O) groups is 2. The van der Waals surface area contributed by atoms with E-state index in [0.717, 1.165) is 22.7 Å². The van der Waals surface area contributed by atoms with Crippen molar-refractivity contribution >= 4 is 50.7 Å². The molecule has 0 bridgehead atoms. The Hall–Kier alpha value is -4.05. The van der Waals surface area contributed by atoms with Gasteiger partial charge in [0.15, 0.2) is 0 Å². The topological polar surface area (TPSA) is 96.0 Å². The van der Waals surface area contributed by atoms with Gasteiger partial charge in [-0.1, -0.05) is 91.1 Å². The summed E-state index contributed by atoms with van der Waals surface area (Å²) in [6.45, 7) is 4.11. The van der Waals surface area contributed by atoms with Crippen LogP contribution in [0, 0.1) is 0 Å². The van der Waals surface area contributed by atoms with Gasteiger partial charge in [0.05, 0.1) is 17.2 Å². The van der Waals surface area contributed by atoms with Crippen LogP contribution in [-0.4, -0.2) is 50.9 Å². The van der Waals surface area contributed by atoms with E-state index in [2.05, 4.69) is 5.32 Å². The maximum absolute atomic E-state index is 14.6. The molecule has 4 aromatic rings. The second kappa shape index (κ2) is 17.2. The second-order valence-electron chi connectivity index (χ2n) is 10.9. The molecule has 0 fully saturated rings. The average Bonchev–Trinajstić information content (AvgIpc) is 3.07. The van der Waals surface area contributed by atoms with Gasteiger partial charge in [0, 0.05) is 29.6 Å². The first-order chi connectivity index (χ1) is 22.6. The lowest BCUT2D eigenvalue weighted by atomic mass is 10.0. The number of benzene rings is 4. The van der Waals surface area contributed by atoms with Crippen LogP contribution in [0.5, 0.6) is 5.75 Å². The highest BCUT2D eigenvalue weighted by Gasteiger charge is 2.35. The summed E-state index contributed by atoms with van der Waals surface area (Å²) < 4.78 is 34.9. The van der Waals surface area contributed by atoms with Crippen LogP contribution in [0.4, 0.5) is 5.69 Å². The Kier molecular flexibility index (Phi) is 13.1. The molecule has 0 heterocycles. The van der Waals surface area contributed by atoms with E-state index in [1.807, 2.05) is 44.2 Å². The normalized spacial score (nSPS) is 11.8. The number of hydrogen-bond donors (Lipinski definition) is 1. The molecule has 0 aliphatic rings. The molecule has 1 N–H and O–H groups in total. The molecule has 4 rings (SSSR count). The molecular weight excluding hydrogens is 657 g/mol. The van der Waals surface area contributed by atoms with E-state index in [4.69, 9.17) is 27.9 Å². The average molecular weight is 697 g/mol. The first-order valence-corrected chi connectivity index (χ1v) is 17.7. The van der Waals surface area contributed by atoms with Gasteiger partial charge in [-0.25, -0.2) is 8.42 Å². The molecular formula is C36H39Cl2N3O5S. The third-order valence-corrected chi connectivity index (χ3v) is 9.88. The van der Waals surface area contributed by atoms with Gasteiger partial charge in [-0.2, -0.15) is 0 Å². The number of carbonyl (C=O) groups excluding carboxylic acids is 2. The highest BCUT2D eigenvalue weighted by Crippen LogP contribution is 2.28. The van der Waals surface area contributed by atoms with Gasteiger partial charge in [-0.3, -0.25) is 13.9 Å². The van der Waals surface area contributed by atoms with Crippen molar-refractivity contribution < 1.29 is 22.7 Å². The fourth-order valence-electron chi connectivity index (χ4n) is 5.02. The number of amides is 2. The standard InChI is InChI=1S/C36H39Cl2N3O5S/c1-3-5-22-39-36(43)34(23-27-12-8-6-9-13-27)40(25-28-16-17-29(37)24-33(28)38)35(42)26-41(30-18-20-31(21-19-30)46-4-2)47(44,45)32-14-10-7-11-15-32/h6-21,24,34H,3-5,22-23,25-26H2,1-2H3,(H,39,43)/t34-/m1/s1. The number of halogens is 2. The van der Waals surface area contributed by atoms with Crippen molar-refractivity contribution in [2.24, 2.45) is 0 Å². The summed E-state index contributed by atoms with van der Waals surface area (Å²) in [4.78, 5) is 29.9. The van der Waals surface area contributed by atoms with Crippen molar-refractivity contribution in [1.82, 2.24) is 10.2 Å².